The molecule has 0 radical (unpaired) electrons. The molecule has 0 spiro atoms. The van der Waals surface area contributed by atoms with Gasteiger partial charge < -0.3 is 15.4 Å². The Kier molecular flexibility index (Phi) is 7.93. The van der Waals surface area contributed by atoms with E-state index in [4.69, 9.17) is 4.74 Å². The number of alkyl carbamates (subject to hydrolysis) is 1. The van der Waals surface area contributed by atoms with E-state index in [1.807, 2.05) is 6.07 Å². The lowest BCUT2D eigenvalue weighted by molar-refractivity contribution is -0.137. The highest BCUT2D eigenvalue weighted by Crippen LogP contribution is 2.38. The number of hydrogen-bond acceptors (Lipinski definition) is 7. The van der Waals surface area contributed by atoms with Gasteiger partial charge in [0.05, 0.1) is 28.1 Å². The minimum atomic E-state index is -4.59. The fourth-order valence-electron chi connectivity index (χ4n) is 3.98. The van der Waals surface area contributed by atoms with E-state index in [1.165, 1.54) is 24.3 Å². The molecule has 1 aliphatic rings. The van der Waals surface area contributed by atoms with Gasteiger partial charge in [-0.05, 0) is 63.1 Å². The Morgan fingerprint density at radius 3 is 2.37 bits per heavy atom. The number of halogens is 3. The van der Waals surface area contributed by atoms with Gasteiger partial charge in [0.1, 0.15) is 5.60 Å². The van der Waals surface area contributed by atoms with Crippen LogP contribution in [0.4, 0.5) is 23.7 Å². The average Bonchev–Trinajstić information content (AvgIpc) is 3.14. The zero-order chi connectivity index (χ0) is 28.5. The third-order valence-corrected chi connectivity index (χ3v) is 6.67. The van der Waals surface area contributed by atoms with E-state index in [-0.39, 0.29) is 45.8 Å². The SMILES string of the molecule is CC(C)(C)OC(=O)N[C@H](C1=C(Nc2cccc(C(F)(F)F)c2)CCC1=O)c1ccc(C#N)cc1S(C)(=O)=O. The number of anilines is 1. The smallest absolute Gasteiger partial charge is 0.416 e. The number of hydrogen-bond donors (Lipinski definition) is 2. The van der Waals surface area contributed by atoms with Crippen molar-refractivity contribution in [2.24, 2.45) is 0 Å². The maximum absolute atomic E-state index is 13.2. The molecule has 2 aromatic carbocycles. The lowest BCUT2D eigenvalue weighted by Crippen LogP contribution is -2.37. The van der Waals surface area contributed by atoms with Crippen molar-refractivity contribution in [2.45, 2.75) is 56.3 Å². The summed E-state index contributed by atoms with van der Waals surface area (Å²) < 4.78 is 70.4. The van der Waals surface area contributed by atoms with E-state index >= 15 is 0 Å². The molecule has 2 aromatic rings. The lowest BCUT2D eigenvalue weighted by atomic mass is 9.95. The first kappa shape index (κ1) is 28.7. The molecule has 8 nitrogen and oxygen atoms in total. The number of alkyl halides is 3. The van der Waals surface area contributed by atoms with Crippen molar-refractivity contribution in [3.05, 3.63) is 70.4 Å². The Labute approximate surface area is 218 Å². The molecule has 1 atom stereocenters. The van der Waals surface area contributed by atoms with Crippen LogP contribution in [-0.4, -0.2) is 32.2 Å². The van der Waals surface area contributed by atoms with Crippen LogP contribution in [-0.2, 0) is 25.5 Å². The molecule has 0 unspecified atom stereocenters. The molecule has 202 valence electrons. The quantitative estimate of drug-likeness (QED) is 0.502. The minimum Gasteiger partial charge on any atom is -0.444 e. The minimum absolute atomic E-state index is 0.00551. The zero-order valence-electron chi connectivity index (χ0n) is 21.1. The van der Waals surface area contributed by atoms with Gasteiger partial charge in [0.15, 0.2) is 15.6 Å². The number of nitrogens with one attached hydrogen (secondary N) is 2. The third-order valence-electron chi connectivity index (χ3n) is 5.52. The third kappa shape index (κ3) is 6.92. The summed E-state index contributed by atoms with van der Waals surface area (Å²) in [6.07, 6.45) is -4.52. The first-order valence-corrected chi connectivity index (χ1v) is 13.3. The molecule has 1 aliphatic carbocycles. The van der Waals surface area contributed by atoms with E-state index in [9.17, 15) is 36.4 Å². The second-order valence-electron chi connectivity index (χ2n) is 9.73. The van der Waals surface area contributed by atoms with Crippen LogP contribution in [0.3, 0.4) is 0 Å². The van der Waals surface area contributed by atoms with E-state index in [2.05, 4.69) is 10.6 Å². The van der Waals surface area contributed by atoms with Gasteiger partial charge in [0.2, 0.25) is 0 Å². The van der Waals surface area contributed by atoms with Crippen LogP contribution >= 0.6 is 0 Å². The van der Waals surface area contributed by atoms with Gasteiger partial charge in [-0.25, -0.2) is 13.2 Å². The number of amides is 1. The highest BCUT2D eigenvalue weighted by Gasteiger charge is 2.36. The lowest BCUT2D eigenvalue weighted by Gasteiger charge is -2.26. The molecule has 2 N–H and O–H groups in total. The normalized spacial score (nSPS) is 15.2. The van der Waals surface area contributed by atoms with E-state index in [1.54, 1.807) is 20.8 Å². The molecule has 0 aromatic heterocycles. The number of Topliss-reactive ketones (excluding diaryl/α,β-unsaturated/α-hetero) is 1. The molecular weight excluding hydrogens is 523 g/mol. The molecular formula is C26H26F3N3O5S. The van der Waals surface area contributed by atoms with Gasteiger partial charge in [0, 0.05) is 29.6 Å². The topological polar surface area (TPSA) is 125 Å². The van der Waals surface area contributed by atoms with Crippen molar-refractivity contribution in [3.8, 4) is 6.07 Å². The van der Waals surface area contributed by atoms with Gasteiger partial charge in [-0.1, -0.05) is 12.1 Å². The number of ketones is 1. The summed E-state index contributed by atoms with van der Waals surface area (Å²) in [6, 6.07) is 8.69. The molecule has 0 heterocycles. The summed E-state index contributed by atoms with van der Waals surface area (Å²) in [7, 11) is -3.95. The number of ether oxygens (including phenoxy) is 1. The summed E-state index contributed by atoms with van der Waals surface area (Å²) >= 11 is 0. The highest BCUT2D eigenvalue weighted by molar-refractivity contribution is 7.90. The van der Waals surface area contributed by atoms with Gasteiger partial charge in [-0.15, -0.1) is 0 Å². The molecule has 0 saturated heterocycles. The van der Waals surface area contributed by atoms with Crippen LogP contribution in [0, 0.1) is 11.3 Å². The van der Waals surface area contributed by atoms with Crippen LogP contribution < -0.4 is 10.6 Å². The molecule has 0 aliphatic heterocycles. The summed E-state index contributed by atoms with van der Waals surface area (Å²) in [5.41, 5.74) is -1.52. The Morgan fingerprint density at radius 1 is 1.11 bits per heavy atom. The average molecular weight is 550 g/mol. The van der Waals surface area contributed by atoms with Crippen molar-refractivity contribution >= 4 is 27.4 Å². The van der Waals surface area contributed by atoms with E-state index in [0.29, 0.717) is 0 Å². The summed E-state index contributed by atoms with van der Waals surface area (Å²) in [6.45, 7) is 4.85. The standard InChI is InChI=1S/C26H26F3N3O5S/c1-25(2,3)37-24(34)32-23(18-9-8-15(14-30)12-21(18)38(4,35)36)22-19(10-11-20(22)33)31-17-7-5-6-16(13-17)26(27,28)29/h5-9,12-13,23,31H,10-11H2,1-4H3,(H,32,34)/t23-/m0/s1. The highest BCUT2D eigenvalue weighted by atomic mass is 32.2. The molecule has 12 heteroatoms. The van der Waals surface area contributed by atoms with Gasteiger partial charge in [-0.2, -0.15) is 18.4 Å². The predicted molar refractivity (Wildman–Crippen MR) is 133 cm³/mol. The van der Waals surface area contributed by atoms with Crippen molar-refractivity contribution in [2.75, 3.05) is 11.6 Å². The Bertz CT molecular complexity index is 1450. The fraction of sp³-hybridized carbons (Fsp3) is 0.346. The predicted octanol–water partition coefficient (Wildman–Crippen LogP) is 5.28. The number of sulfone groups is 1. The maximum Gasteiger partial charge on any atom is 0.416 e. The largest absolute Gasteiger partial charge is 0.444 e. The Hall–Kier alpha value is -3.85. The van der Waals surface area contributed by atoms with Gasteiger partial charge in [0.25, 0.3) is 0 Å². The monoisotopic (exact) mass is 549 g/mol. The van der Waals surface area contributed by atoms with Crippen molar-refractivity contribution in [3.63, 3.8) is 0 Å². The second-order valence-corrected chi connectivity index (χ2v) is 11.7. The van der Waals surface area contributed by atoms with Crippen LogP contribution in [0.2, 0.25) is 0 Å². The van der Waals surface area contributed by atoms with Crippen LogP contribution in [0.25, 0.3) is 0 Å². The Balaban J connectivity index is 2.19. The number of allylic oxidation sites excluding steroid dienone is 1. The summed E-state index contributed by atoms with van der Waals surface area (Å²) in [4.78, 5) is 25.6. The number of rotatable bonds is 6. The molecule has 3 rings (SSSR count). The second kappa shape index (κ2) is 10.5. The van der Waals surface area contributed by atoms with E-state index < -0.39 is 45.1 Å². The van der Waals surface area contributed by atoms with Crippen molar-refractivity contribution in [1.82, 2.24) is 5.32 Å². The van der Waals surface area contributed by atoms with Gasteiger partial charge >= 0.3 is 12.3 Å². The van der Waals surface area contributed by atoms with Crippen LogP contribution in [0.5, 0.6) is 0 Å². The van der Waals surface area contributed by atoms with Crippen LogP contribution in [0.15, 0.2) is 58.6 Å². The van der Waals surface area contributed by atoms with Crippen molar-refractivity contribution in [1.29, 1.82) is 5.26 Å². The van der Waals surface area contributed by atoms with Crippen LogP contribution in [0.1, 0.15) is 56.3 Å². The number of carbonyl (C=O) groups is 2. The summed E-state index contributed by atoms with van der Waals surface area (Å²) in [5.74, 6) is -0.440. The molecule has 0 bridgehead atoms. The first-order chi connectivity index (χ1) is 17.5. The zero-order valence-corrected chi connectivity index (χ0v) is 21.9. The molecule has 38 heavy (non-hydrogen) atoms. The van der Waals surface area contributed by atoms with Crippen molar-refractivity contribution < 1.29 is 35.9 Å². The molecule has 0 fully saturated rings. The number of nitrogens with zero attached hydrogens (tertiary/aromatic N) is 1. The Morgan fingerprint density at radius 2 is 1.79 bits per heavy atom. The summed E-state index contributed by atoms with van der Waals surface area (Å²) in [5, 5.41) is 14.7. The first-order valence-electron chi connectivity index (χ1n) is 11.4. The maximum atomic E-state index is 13.2. The molecule has 0 saturated carbocycles. The fourth-order valence-corrected chi connectivity index (χ4v) is 4.94. The number of nitriles is 1. The number of carbonyl (C=O) groups excluding carboxylic acids is 2. The number of benzene rings is 2. The van der Waals surface area contributed by atoms with Gasteiger partial charge in [-0.3, -0.25) is 4.79 Å². The van der Waals surface area contributed by atoms with E-state index in [0.717, 1.165) is 24.5 Å². The molecule has 1 amide bonds.